The van der Waals surface area contributed by atoms with Crippen LogP contribution in [0.3, 0.4) is 0 Å². The van der Waals surface area contributed by atoms with Crippen LogP contribution >= 0.6 is 0 Å². The third-order valence-electron chi connectivity index (χ3n) is 3.79. The fourth-order valence-corrected chi connectivity index (χ4v) is 2.91. The molecule has 1 aliphatic rings. The molecule has 0 atom stereocenters. The second-order valence-corrected chi connectivity index (χ2v) is 5.61. The fraction of sp³-hybridized carbons (Fsp3) is 0.625. The molecule has 1 fully saturated rings. The molecule has 1 aromatic rings. The molecule has 0 unspecified atom stereocenters. The van der Waals surface area contributed by atoms with Crippen LogP contribution in [-0.4, -0.2) is 6.54 Å². The largest absolute Gasteiger partial charge is 0.385 e. The SMILES string of the molecule is Cc1cc(C)cc(NCC2CCCCCC2)c1. The van der Waals surface area contributed by atoms with E-state index < -0.39 is 0 Å². The van der Waals surface area contributed by atoms with E-state index in [1.165, 1.54) is 55.3 Å². The molecule has 0 radical (unpaired) electrons. The first-order chi connectivity index (χ1) is 8.24. The summed E-state index contributed by atoms with van der Waals surface area (Å²) in [6.45, 7) is 5.50. The maximum absolute atomic E-state index is 3.62. The van der Waals surface area contributed by atoms with Crippen LogP contribution < -0.4 is 5.32 Å². The van der Waals surface area contributed by atoms with Gasteiger partial charge in [-0.3, -0.25) is 0 Å². The third kappa shape index (κ3) is 4.07. The van der Waals surface area contributed by atoms with Crippen LogP contribution in [0.2, 0.25) is 0 Å². The maximum Gasteiger partial charge on any atom is 0.0345 e. The molecule has 0 spiro atoms. The van der Waals surface area contributed by atoms with Crippen molar-refractivity contribution >= 4 is 5.69 Å². The van der Waals surface area contributed by atoms with Crippen LogP contribution in [0.15, 0.2) is 18.2 Å². The Morgan fingerprint density at radius 3 is 2.12 bits per heavy atom. The lowest BCUT2D eigenvalue weighted by Gasteiger charge is -2.16. The molecular weight excluding hydrogens is 206 g/mol. The van der Waals surface area contributed by atoms with Crippen LogP contribution in [0.1, 0.15) is 49.7 Å². The Morgan fingerprint density at radius 2 is 1.53 bits per heavy atom. The van der Waals surface area contributed by atoms with E-state index in [9.17, 15) is 0 Å². The van der Waals surface area contributed by atoms with Gasteiger partial charge in [0.2, 0.25) is 0 Å². The van der Waals surface area contributed by atoms with E-state index in [1.807, 2.05) is 0 Å². The van der Waals surface area contributed by atoms with Gasteiger partial charge in [-0.05, 0) is 55.9 Å². The number of benzene rings is 1. The first-order valence-corrected chi connectivity index (χ1v) is 7.06. The highest BCUT2D eigenvalue weighted by Gasteiger charge is 2.11. The Morgan fingerprint density at radius 1 is 0.941 bits per heavy atom. The zero-order valence-electron chi connectivity index (χ0n) is 11.3. The second-order valence-electron chi connectivity index (χ2n) is 5.61. The predicted molar refractivity (Wildman–Crippen MR) is 75.6 cm³/mol. The number of hydrogen-bond donors (Lipinski definition) is 1. The molecule has 1 aromatic carbocycles. The zero-order valence-corrected chi connectivity index (χ0v) is 11.3. The second kappa shape index (κ2) is 6.09. The van der Waals surface area contributed by atoms with E-state index in [0.717, 1.165) is 12.5 Å². The molecule has 94 valence electrons. The van der Waals surface area contributed by atoms with Crippen molar-refractivity contribution in [3.8, 4) is 0 Å². The quantitative estimate of drug-likeness (QED) is 0.744. The van der Waals surface area contributed by atoms with Gasteiger partial charge in [-0.25, -0.2) is 0 Å². The van der Waals surface area contributed by atoms with Crippen molar-refractivity contribution in [3.63, 3.8) is 0 Å². The first-order valence-electron chi connectivity index (χ1n) is 7.06. The molecular formula is C16H25N. The van der Waals surface area contributed by atoms with Crippen molar-refractivity contribution < 1.29 is 0 Å². The van der Waals surface area contributed by atoms with Gasteiger partial charge in [0.15, 0.2) is 0 Å². The summed E-state index contributed by atoms with van der Waals surface area (Å²) in [5.74, 6) is 0.887. The smallest absolute Gasteiger partial charge is 0.0345 e. The summed E-state index contributed by atoms with van der Waals surface area (Å²) in [4.78, 5) is 0. The van der Waals surface area contributed by atoms with Crippen molar-refractivity contribution in [2.24, 2.45) is 5.92 Å². The first kappa shape index (κ1) is 12.5. The van der Waals surface area contributed by atoms with Gasteiger partial charge in [-0.1, -0.05) is 31.7 Å². The van der Waals surface area contributed by atoms with E-state index in [0.29, 0.717) is 0 Å². The van der Waals surface area contributed by atoms with Crippen LogP contribution in [0.25, 0.3) is 0 Å². The summed E-state index contributed by atoms with van der Waals surface area (Å²) >= 11 is 0. The fourth-order valence-electron chi connectivity index (χ4n) is 2.91. The molecule has 1 saturated carbocycles. The van der Waals surface area contributed by atoms with Crippen molar-refractivity contribution in [1.29, 1.82) is 0 Å². The maximum atomic E-state index is 3.62. The summed E-state index contributed by atoms with van der Waals surface area (Å²) in [7, 11) is 0. The standard InChI is InChI=1S/C16H25N/c1-13-9-14(2)11-16(10-13)17-12-15-7-5-3-4-6-8-15/h9-11,15,17H,3-8,12H2,1-2H3. The Balaban J connectivity index is 1.87. The van der Waals surface area contributed by atoms with Gasteiger partial charge in [0.05, 0.1) is 0 Å². The van der Waals surface area contributed by atoms with Crippen LogP contribution in [0.4, 0.5) is 5.69 Å². The van der Waals surface area contributed by atoms with Gasteiger partial charge in [0.25, 0.3) is 0 Å². The summed E-state index contributed by atoms with van der Waals surface area (Å²) in [6.07, 6.45) is 8.58. The molecule has 2 rings (SSSR count). The van der Waals surface area contributed by atoms with Crippen molar-refractivity contribution in [2.45, 2.75) is 52.4 Å². The van der Waals surface area contributed by atoms with Crippen LogP contribution in [0, 0.1) is 19.8 Å². The van der Waals surface area contributed by atoms with E-state index in [-0.39, 0.29) is 0 Å². The molecule has 1 heteroatoms. The van der Waals surface area contributed by atoms with E-state index in [2.05, 4.69) is 37.4 Å². The third-order valence-corrected chi connectivity index (χ3v) is 3.79. The summed E-state index contributed by atoms with van der Waals surface area (Å²) in [5, 5.41) is 3.62. The van der Waals surface area contributed by atoms with E-state index in [4.69, 9.17) is 0 Å². The molecule has 1 aliphatic carbocycles. The minimum absolute atomic E-state index is 0.887. The highest BCUT2D eigenvalue weighted by Crippen LogP contribution is 2.23. The van der Waals surface area contributed by atoms with Gasteiger partial charge in [-0.15, -0.1) is 0 Å². The number of anilines is 1. The number of rotatable bonds is 3. The van der Waals surface area contributed by atoms with Crippen molar-refractivity contribution in [1.82, 2.24) is 0 Å². The zero-order chi connectivity index (χ0) is 12.1. The summed E-state index contributed by atoms with van der Waals surface area (Å²) < 4.78 is 0. The molecule has 0 aliphatic heterocycles. The molecule has 0 aromatic heterocycles. The minimum Gasteiger partial charge on any atom is -0.385 e. The van der Waals surface area contributed by atoms with Gasteiger partial charge >= 0.3 is 0 Å². The van der Waals surface area contributed by atoms with Crippen LogP contribution in [-0.2, 0) is 0 Å². The molecule has 0 amide bonds. The summed E-state index contributed by atoms with van der Waals surface area (Å²) in [5.41, 5.74) is 4.01. The molecule has 1 N–H and O–H groups in total. The Hall–Kier alpha value is -0.980. The Labute approximate surface area is 106 Å². The van der Waals surface area contributed by atoms with Crippen LogP contribution in [0.5, 0.6) is 0 Å². The van der Waals surface area contributed by atoms with Gasteiger partial charge in [0, 0.05) is 12.2 Å². The van der Waals surface area contributed by atoms with Gasteiger partial charge in [0.1, 0.15) is 0 Å². The number of nitrogens with one attached hydrogen (secondary N) is 1. The highest BCUT2D eigenvalue weighted by molar-refractivity contribution is 5.48. The van der Waals surface area contributed by atoms with E-state index >= 15 is 0 Å². The van der Waals surface area contributed by atoms with Crippen molar-refractivity contribution in [3.05, 3.63) is 29.3 Å². The predicted octanol–water partition coefficient (Wildman–Crippen LogP) is 4.69. The lowest BCUT2D eigenvalue weighted by atomic mass is 10.0. The molecule has 0 saturated heterocycles. The average molecular weight is 231 g/mol. The molecule has 1 nitrogen and oxygen atoms in total. The van der Waals surface area contributed by atoms with Gasteiger partial charge < -0.3 is 5.32 Å². The Kier molecular flexibility index (Phi) is 4.47. The van der Waals surface area contributed by atoms with Gasteiger partial charge in [-0.2, -0.15) is 0 Å². The van der Waals surface area contributed by atoms with Crippen molar-refractivity contribution in [2.75, 3.05) is 11.9 Å². The lowest BCUT2D eigenvalue weighted by Crippen LogP contribution is -2.13. The normalized spacial score (nSPS) is 17.8. The average Bonchev–Trinajstić information content (AvgIpc) is 2.53. The Bertz CT molecular complexity index is 328. The summed E-state index contributed by atoms with van der Waals surface area (Å²) in [6, 6.07) is 6.74. The monoisotopic (exact) mass is 231 g/mol. The molecule has 0 bridgehead atoms. The lowest BCUT2D eigenvalue weighted by molar-refractivity contribution is 0.483. The topological polar surface area (TPSA) is 12.0 Å². The molecule has 0 heterocycles. The highest BCUT2D eigenvalue weighted by atomic mass is 14.9. The number of hydrogen-bond acceptors (Lipinski definition) is 1. The molecule has 17 heavy (non-hydrogen) atoms. The van der Waals surface area contributed by atoms with E-state index in [1.54, 1.807) is 0 Å². The number of aryl methyl sites for hydroxylation is 2. The minimum atomic E-state index is 0.887.